The summed E-state index contributed by atoms with van der Waals surface area (Å²) in [6.07, 6.45) is 16.1. The molecular weight excluding hydrogens is 427 g/mol. The SMILES string of the molecule is CCCCCC=CC=CC(CCCCCCCC(=O)OC[C@H](O)COP(=O)(O)O)OO. The van der Waals surface area contributed by atoms with Crippen molar-refractivity contribution in [1.29, 1.82) is 0 Å². The molecule has 2 atom stereocenters. The van der Waals surface area contributed by atoms with E-state index in [-0.39, 0.29) is 19.1 Å². The van der Waals surface area contributed by atoms with Crippen molar-refractivity contribution in [2.75, 3.05) is 13.2 Å². The topological polar surface area (TPSA) is 143 Å². The Hall–Kier alpha value is -1.06. The van der Waals surface area contributed by atoms with Crippen LogP contribution >= 0.6 is 7.82 Å². The van der Waals surface area contributed by atoms with Gasteiger partial charge in [-0.3, -0.25) is 14.6 Å². The highest BCUT2D eigenvalue weighted by atomic mass is 31.2. The Labute approximate surface area is 185 Å². The number of phosphoric acid groups is 1. The van der Waals surface area contributed by atoms with Gasteiger partial charge in [0.2, 0.25) is 0 Å². The monoisotopic (exact) mass is 466 g/mol. The highest BCUT2D eigenvalue weighted by Gasteiger charge is 2.17. The van der Waals surface area contributed by atoms with E-state index >= 15 is 0 Å². The van der Waals surface area contributed by atoms with Crippen LogP contribution in [0.4, 0.5) is 0 Å². The molecule has 0 aromatic rings. The summed E-state index contributed by atoms with van der Waals surface area (Å²) >= 11 is 0. The van der Waals surface area contributed by atoms with Gasteiger partial charge in [0.15, 0.2) is 0 Å². The Kier molecular flexibility index (Phi) is 18.9. The maximum atomic E-state index is 11.6. The van der Waals surface area contributed by atoms with E-state index < -0.39 is 26.5 Å². The lowest BCUT2D eigenvalue weighted by molar-refractivity contribution is -0.267. The number of hydrogen-bond donors (Lipinski definition) is 4. The predicted octanol–water partition coefficient (Wildman–Crippen LogP) is 4.28. The summed E-state index contributed by atoms with van der Waals surface area (Å²) in [5.41, 5.74) is 0. The number of hydrogen-bond acceptors (Lipinski definition) is 7. The van der Waals surface area contributed by atoms with Crippen LogP contribution in [-0.2, 0) is 23.5 Å². The van der Waals surface area contributed by atoms with Gasteiger partial charge in [0.25, 0.3) is 0 Å². The lowest BCUT2D eigenvalue weighted by atomic mass is 10.1. The molecule has 0 heterocycles. The van der Waals surface area contributed by atoms with Crippen LogP contribution in [0.2, 0.25) is 0 Å². The molecule has 182 valence electrons. The van der Waals surface area contributed by atoms with Gasteiger partial charge in [-0.2, -0.15) is 0 Å². The summed E-state index contributed by atoms with van der Waals surface area (Å²) in [5, 5.41) is 18.4. The average Bonchev–Trinajstić information content (AvgIpc) is 2.72. The lowest BCUT2D eigenvalue weighted by Gasteiger charge is -2.12. The molecule has 0 aromatic heterocycles. The highest BCUT2D eigenvalue weighted by Crippen LogP contribution is 2.35. The number of aliphatic hydroxyl groups is 1. The van der Waals surface area contributed by atoms with Crippen LogP contribution in [0.15, 0.2) is 24.3 Å². The molecule has 0 aliphatic carbocycles. The largest absolute Gasteiger partial charge is 0.469 e. The van der Waals surface area contributed by atoms with E-state index in [0.717, 1.165) is 32.1 Å². The number of aliphatic hydroxyl groups excluding tert-OH is 1. The first-order valence-electron chi connectivity index (χ1n) is 11.0. The first-order chi connectivity index (χ1) is 14.8. The van der Waals surface area contributed by atoms with Crippen LogP contribution < -0.4 is 0 Å². The second kappa shape index (κ2) is 19.6. The summed E-state index contributed by atoms with van der Waals surface area (Å²) in [7, 11) is -4.65. The van der Waals surface area contributed by atoms with E-state index in [1.807, 2.05) is 18.2 Å². The third-order valence-corrected chi connectivity index (χ3v) is 4.91. The minimum Gasteiger partial charge on any atom is -0.463 e. The van der Waals surface area contributed by atoms with E-state index in [0.29, 0.717) is 12.8 Å². The van der Waals surface area contributed by atoms with Crippen LogP contribution in [-0.4, -0.2) is 51.5 Å². The Morgan fingerprint density at radius 1 is 1.00 bits per heavy atom. The lowest BCUT2D eigenvalue weighted by Crippen LogP contribution is -2.23. The van der Waals surface area contributed by atoms with Gasteiger partial charge in [0, 0.05) is 6.42 Å². The quantitative estimate of drug-likeness (QED) is 0.0516. The second-order valence-electron chi connectivity index (χ2n) is 7.38. The molecule has 0 saturated carbocycles. The van der Waals surface area contributed by atoms with Crippen molar-refractivity contribution < 1.29 is 43.7 Å². The van der Waals surface area contributed by atoms with Crippen molar-refractivity contribution in [2.45, 2.75) is 89.8 Å². The number of allylic oxidation sites excluding steroid dienone is 3. The number of unbranched alkanes of at least 4 members (excludes halogenated alkanes) is 7. The summed E-state index contributed by atoms with van der Waals surface area (Å²) in [4.78, 5) is 33.1. The molecule has 0 radical (unpaired) electrons. The maximum Gasteiger partial charge on any atom is 0.469 e. The molecule has 1 unspecified atom stereocenters. The predicted molar refractivity (Wildman–Crippen MR) is 117 cm³/mol. The van der Waals surface area contributed by atoms with Gasteiger partial charge in [-0.25, -0.2) is 9.45 Å². The molecule has 0 amide bonds. The fourth-order valence-corrected chi connectivity index (χ4v) is 3.06. The second-order valence-corrected chi connectivity index (χ2v) is 8.62. The Bertz CT molecular complexity index is 545. The zero-order chi connectivity index (χ0) is 23.4. The highest BCUT2D eigenvalue weighted by molar-refractivity contribution is 7.46. The number of carbonyl (C=O) groups excluding carboxylic acids is 1. The van der Waals surface area contributed by atoms with Gasteiger partial charge in [-0.15, -0.1) is 0 Å². The summed E-state index contributed by atoms with van der Waals surface area (Å²) in [5.74, 6) is -0.475. The van der Waals surface area contributed by atoms with E-state index in [4.69, 9.17) is 19.8 Å². The van der Waals surface area contributed by atoms with Crippen LogP contribution in [0.25, 0.3) is 0 Å². The van der Waals surface area contributed by atoms with Crippen molar-refractivity contribution in [2.24, 2.45) is 0 Å². The summed E-state index contributed by atoms with van der Waals surface area (Å²) < 4.78 is 19.5. The molecule has 0 saturated heterocycles. The van der Waals surface area contributed by atoms with Gasteiger partial charge in [0.1, 0.15) is 18.8 Å². The molecule has 0 rings (SSSR count). The molecule has 0 aliphatic heterocycles. The number of esters is 1. The first-order valence-corrected chi connectivity index (χ1v) is 12.5. The van der Waals surface area contributed by atoms with Crippen LogP contribution in [0.5, 0.6) is 0 Å². The van der Waals surface area contributed by atoms with Gasteiger partial charge in [0.05, 0.1) is 6.61 Å². The van der Waals surface area contributed by atoms with Gasteiger partial charge in [-0.1, -0.05) is 69.8 Å². The van der Waals surface area contributed by atoms with Crippen LogP contribution in [0, 0.1) is 0 Å². The number of carbonyl (C=O) groups is 1. The minimum atomic E-state index is -4.65. The van der Waals surface area contributed by atoms with Crippen LogP contribution in [0.3, 0.4) is 0 Å². The molecule has 0 fully saturated rings. The third-order valence-electron chi connectivity index (χ3n) is 4.42. The smallest absolute Gasteiger partial charge is 0.463 e. The molecule has 0 spiro atoms. The first kappa shape index (κ1) is 29.9. The fourth-order valence-electron chi connectivity index (χ4n) is 2.70. The van der Waals surface area contributed by atoms with Crippen molar-refractivity contribution in [3.05, 3.63) is 24.3 Å². The van der Waals surface area contributed by atoms with Gasteiger partial charge >= 0.3 is 13.8 Å². The van der Waals surface area contributed by atoms with Crippen molar-refractivity contribution in [3.8, 4) is 0 Å². The van der Waals surface area contributed by atoms with E-state index in [2.05, 4.69) is 22.4 Å². The number of phosphoric ester groups is 1. The maximum absolute atomic E-state index is 11.6. The molecule has 4 N–H and O–H groups in total. The Balaban J connectivity index is 3.69. The van der Waals surface area contributed by atoms with Crippen molar-refractivity contribution in [3.63, 3.8) is 0 Å². The van der Waals surface area contributed by atoms with E-state index in [1.54, 1.807) is 0 Å². The molecule has 10 heteroatoms. The Morgan fingerprint density at radius 2 is 1.71 bits per heavy atom. The fraction of sp³-hybridized carbons (Fsp3) is 0.762. The molecule has 0 aliphatic rings. The standard InChI is InChI=1S/C21H39O9P/c1-2-3-4-5-6-8-11-14-20(30-24)15-12-9-7-10-13-16-21(23)28-17-19(22)18-29-31(25,26)27/h6,8,11,14,19-20,22,24H,2-5,7,9-10,12-13,15-18H2,1H3,(H2,25,26,27)/t19-,20?/m0/s1. The zero-order valence-corrected chi connectivity index (χ0v) is 19.3. The number of ether oxygens (including phenoxy) is 1. The van der Waals surface area contributed by atoms with E-state index in [1.165, 1.54) is 19.3 Å². The third kappa shape index (κ3) is 21.9. The van der Waals surface area contributed by atoms with Gasteiger partial charge in [-0.05, 0) is 25.7 Å². The van der Waals surface area contributed by atoms with Crippen molar-refractivity contribution >= 4 is 13.8 Å². The number of rotatable bonds is 20. The molecule has 0 bridgehead atoms. The summed E-state index contributed by atoms with van der Waals surface area (Å²) in [6.45, 7) is 1.19. The normalized spacial score (nSPS) is 14.4. The minimum absolute atomic E-state index is 0.210. The molecule has 9 nitrogen and oxygen atoms in total. The molecular formula is C21H39O9P. The van der Waals surface area contributed by atoms with E-state index in [9.17, 15) is 14.5 Å². The molecule has 31 heavy (non-hydrogen) atoms. The zero-order valence-electron chi connectivity index (χ0n) is 18.4. The Morgan fingerprint density at radius 3 is 2.39 bits per heavy atom. The average molecular weight is 467 g/mol. The van der Waals surface area contributed by atoms with Gasteiger partial charge < -0.3 is 19.6 Å². The van der Waals surface area contributed by atoms with Crippen LogP contribution in [0.1, 0.15) is 77.6 Å². The van der Waals surface area contributed by atoms with Crippen molar-refractivity contribution in [1.82, 2.24) is 0 Å². The molecule has 0 aromatic carbocycles. The summed E-state index contributed by atoms with van der Waals surface area (Å²) in [6, 6.07) is 0.